The van der Waals surface area contributed by atoms with Crippen molar-refractivity contribution >= 4 is 23.2 Å². The lowest BCUT2D eigenvalue weighted by molar-refractivity contribution is 0.0390. The smallest absolute Gasteiger partial charge is 0.294 e. The number of hydrogen-bond donors (Lipinski definition) is 0. The van der Waals surface area contributed by atoms with Crippen LogP contribution in [0.4, 0.5) is 5.69 Å². The Kier molecular flexibility index (Phi) is 5.33. The van der Waals surface area contributed by atoms with Gasteiger partial charge in [-0.25, -0.2) is 0 Å². The predicted molar refractivity (Wildman–Crippen MR) is 89.1 cm³/mol. The lowest BCUT2D eigenvalue weighted by Crippen LogP contribution is -2.43. The first-order valence-corrected chi connectivity index (χ1v) is 8.04. The van der Waals surface area contributed by atoms with Gasteiger partial charge in [0.25, 0.3) is 5.91 Å². The van der Waals surface area contributed by atoms with E-state index in [-0.39, 0.29) is 16.9 Å². The van der Waals surface area contributed by atoms with Crippen LogP contribution < -0.4 is 4.90 Å². The minimum Gasteiger partial charge on any atom is -0.440 e. The molecule has 1 aliphatic heterocycles. The number of morpholine rings is 1. The second-order valence-electron chi connectivity index (χ2n) is 5.35. The molecule has 2 heterocycles. The van der Waals surface area contributed by atoms with Gasteiger partial charge < -0.3 is 14.1 Å². The van der Waals surface area contributed by atoms with Crippen molar-refractivity contribution in [1.82, 2.24) is 4.90 Å². The Balaban J connectivity index is 1.75. The highest BCUT2D eigenvalue weighted by molar-refractivity contribution is 6.29. The molecule has 5 nitrogen and oxygen atoms in total. The van der Waals surface area contributed by atoms with Crippen molar-refractivity contribution in [3.63, 3.8) is 0 Å². The third-order valence-electron chi connectivity index (χ3n) is 3.84. The Morgan fingerprint density at radius 3 is 2.52 bits per heavy atom. The summed E-state index contributed by atoms with van der Waals surface area (Å²) in [6.07, 6.45) is 0. The number of rotatable bonds is 5. The van der Waals surface area contributed by atoms with E-state index in [1.165, 1.54) is 0 Å². The summed E-state index contributed by atoms with van der Waals surface area (Å²) in [7, 11) is 0. The lowest BCUT2D eigenvalue weighted by atomic mass is 10.2. The molecule has 0 unspecified atom stereocenters. The molecular formula is C17H19ClN2O3. The van der Waals surface area contributed by atoms with Crippen LogP contribution in [-0.4, -0.2) is 50.2 Å². The van der Waals surface area contributed by atoms with Gasteiger partial charge in [0.15, 0.2) is 11.0 Å². The maximum Gasteiger partial charge on any atom is 0.294 e. The molecule has 2 aromatic rings. The number of ether oxygens (including phenoxy) is 1. The highest BCUT2D eigenvalue weighted by Gasteiger charge is 2.22. The monoisotopic (exact) mass is 334 g/mol. The first-order valence-electron chi connectivity index (χ1n) is 7.66. The zero-order valence-corrected chi connectivity index (χ0v) is 13.5. The van der Waals surface area contributed by atoms with Gasteiger partial charge >= 0.3 is 0 Å². The summed E-state index contributed by atoms with van der Waals surface area (Å²) in [5.41, 5.74) is 0.846. The fraction of sp³-hybridized carbons (Fsp3) is 0.353. The van der Waals surface area contributed by atoms with Crippen LogP contribution in [0, 0.1) is 0 Å². The van der Waals surface area contributed by atoms with Crippen molar-refractivity contribution in [3.05, 3.63) is 53.4 Å². The fourth-order valence-electron chi connectivity index (χ4n) is 2.58. The largest absolute Gasteiger partial charge is 0.440 e. The number of amides is 1. The molecule has 0 radical (unpaired) electrons. The van der Waals surface area contributed by atoms with Gasteiger partial charge in [0.1, 0.15) is 0 Å². The molecule has 0 aliphatic carbocycles. The molecule has 1 aromatic carbocycles. The Morgan fingerprint density at radius 2 is 1.87 bits per heavy atom. The number of anilines is 1. The van der Waals surface area contributed by atoms with E-state index in [0.29, 0.717) is 6.54 Å². The van der Waals surface area contributed by atoms with Gasteiger partial charge in [-0.05, 0) is 35.9 Å². The van der Waals surface area contributed by atoms with Gasteiger partial charge in [-0.3, -0.25) is 9.69 Å². The highest BCUT2D eigenvalue weighted by Crippen LogP contribution is 2.20. The van der Waals surface area contributed by atoms with Gasteiger partial charge in [0, 0.05) is 31.9 Å². The molecule has 1 amide bonds. The van der Waals surface area contributed by atoms with Crippen molar-refractivity contribution in [2.75, 3.05) is 44.3 Å². The van der Waals surface area contributed by atoms with Crippen LogP contribution in [0.5, 0.6) is 0 Å². The molecule has 1 aromatic heterocycles. The summed E-state index contributed by atoms with van der Waals surface area (Å²) in [5, 5.41) is 0.217. The SMILES string of the molecule is O=C(c1ccc(Cl)o1)N(CCN1CCOCC1)c1ccccc1. The standard InChI is InChI=1S/C17H19ClN2O3/c18-16-7-6-15(23-16)17(21)20(14-4-2-1-3-5-14)9-8-19-10-12-22-13-11-19/h1-7H,8-13H2. The molecule has 0 spiro atoms. The number of halogens is 1. The Labute approximate surface area is 140 Å². The number of carbonyl (C=O) groups excluding carboxylic acids is 1. The van der Waals surface area contributed by atoms with E-state index in [1.54, 1.807) is 17.0 Å². The third-order valence-corrected chi connectivity index (χ3v) is 4.04. The fourth-order valence-corrected chi connectivity index (χ4v) is 2.73. The third kappa shape index (κ3) is 4.13. The second-order valence-corrected chi connectivity index (χ2v) is 5.72. The molecule has 6 heteroatoms. The summed E-state index contributed by atoms with van der Waals surface area (Å²) in [5.74, 6) is 0.0668. The molecule has 3 rings (SSSR count). The van der Waals surface area contributed by atoms with Crippen molar-refractivity contribution in [2.45, 2.75) is 0 Å². The van der Waals surface area contributed by atoms with Crippen LogP contribution in [0.1, 0.15) is 10.6 Å². The van der Waals surface area contributed by atoms with Crippen molar-refractivity contribution in [2.24, 2.45) is 0 Å². The summed E-state index contributed by atoms with van der Waals surface area (Å²) < 4.78 is 10.6. The van der Waals surface area contributed by atoms with E-state index in [9.17, 15) is 4.79 Å². The first-order chi connectivity index (χ1) is 11.2. The summed E-state index contributed by atoms with van der Waals surface area (Å²) in [6.45, 7) is 4.65. The van der Waals surface area contributed by atoms with Crippen molar-refractivity contribution in [1.29, 1.82) is 0 Å². The summed E-state index contributed by atoms with van der Waals surface area (Å²) >= 11 is 5.79. The Bertz CT molecular complexity index is 638. The second kappa shape index (κ2) is 7.64. The van der Waals surface area contributed by atoms with Crippen LogP contribution in [0.25, 0.3) is 0 Å². The van der Waals surface area contributed by atoms with Crippen LogP contribution in [0.3, 0.4) is 0 Å². The minimum absolute atomic E-state index is 0.184. The molecular weight excluding hydrogens is 316 g/mol. The van der Waals surface area contributed by atoms with Gasteiger partial charge in [0.05, 0.1) is 13.2 Å². The van der Waals surface area contributed by atoms with Crippen LogP contribution in [0.15, 0.2) is 46.9 Å². The lowest BCUT2D eigenvalue weighted by Gasteiger charge is -2.29. The van der Waals surface area contributed by atoms with Crippen LogP contribution >= 0.6 is 11.6 Å². The van der Waals surface area contributed by atoms with E-state index >= 15 is 0 Å². The van der Waals surface area contributed by atoms with E-state index in [4.69, 9.17) is 20.8 Å². The van der Waals surface area contributed by atoms with Gasteiger partial charge in [-0.2, -0.15) is 0 Å². The zero-order chi connectivity index (χ0) is 16.1. The highest BCUT2D eigenvalue weighted by atomic mass is 35.5. The molecule has 1 fully saturated rings. The molecule has 1 saturated heterocycles. The predicted octanol–water partition coefficient (Wildman–Crippen LogP) is 2.91. The summed E-state index contributed by atoms with van der Waals surface area (Å²) in [6, 6.07) is 12.8. The van der Waals surface area contributed by atoms with Crippen LogP contribution in [0.2, 0.25) is 5.22 Å². The summed E-state index contributed by atoms with van der Waals surface area (Å²) in [4.78, 5) is 16.8. The number of para-hydroxylation sites is 1. The molecule has 0 saturated carbocycles. The average Bonchev–Trinajstić information content (AvgIpc) is 3.03. The minimum atomic E-state index is -0.184. The zero-order valence-electron chi connectivity index (χ0n) is 12.8. The first kappa shape index (κ1) is 16.1. The van der Waals surface area contributed by atoms with Crippen molar-refractivity contribution < 1.29 is 13.9 Å². The number of furan rings is 1. The number of benzene rings is 1. The van der Waals surface area contributed by atoms with Crippen LogP contribution in [-0.2, 0) is 4.74 Å². The average molecular weight is 335 g/mol. The van der Waals surface area contributed by atoms with E-state index in [0.717, 1.165) is 38.5 Å². The quantitative estimate of drug-likeness (QED) is 0.843. The number of carbonyl (C=O) groups is 1. The molecule has 0 bridgehead atoms. The molecule has 23 heavy (non-hydrogen) atoms. The Hall–Kier alpha value is -1.82. The number of hydrogen-bond acceptors (Lipinski definition) is 4. The van der Waals surface area contributed by atoms with Gasteiger partial charge in [-0.1, -0.05) is 18.2 Å². The van der Waals surface area contributed by atoms with Gasteiger partial charge in [0.2, 0.25) is 0 Å². The van der Waals surface area contributed by atoms with E-state index in [1.807, 2.05) is 30.3 Å². The maximum atomic E-state index is 12.8. The molecule has 122 valence electrons. The number of nitrogens with zero attached hydrogens (tertiary/aromatic N) is 2. The Morgan fingerprint density at radius 1 is 1.13 bits per heavy atom. The molecule has 1 aliphatic rings. The van der Waals surface area contributed by atoms with Gasteiger partial charge in [-0.15, -0.1) is 0 Å². The topological polar surface area (TPSA) is 45.9 Å². The molecule has 0 N–H and O–H groups in total. The van der Waals surface area contributed by atoms with Crippen molar-refractivity contribution in [3.8, 4) is 0 Å². The normalized spacial score (nSPS) is 15.5. The van der Waals surface area contributed by atoms with E-state index < -0.39 is 0 Å². The maximum absolute atomic E-state index is 12.8. The van der Waals surface area contributed by atoms with E-state index in [2.05, 4.69) is 4.90 Å². The molecule has 0 atom stereocenters.